The van der Waals surface area contributed by atoms with E-state index in [-0.39, 0.29) is 24.2 Å². The summed E-state index contributed by atoms with van der Waals surface area (Å²) in [5.41, 5.74) is 3.48. The van der Waals surface area contributed by atoms with Crippen LogP contribution in [0.3, 0.4) is 0 Å². The van der Waals surface area contributed by atoms with Crippen LogP contribution in [0, 0.1) is 12.7 Å². The van der Waals surface area contributed by atoms with E-state index in [9.17, 15) is 9.18 Å². The summed E-state index contributed by atoms with van der Waals surface area (Å²) in [7, 11) is 3.96. The van der Waals surface area contributed by atoms with Crippen molar-refractivity contribution in [3.8, 4) is 0 Å². The Morgan fingerprint density at radius 3 is 2.88 bits per heavy atom. The zero-order valence-corrected chi connectivity index (χ0v) is 15.4. The van der Waals surface area contributed by atoms with Crippen LogP contribution in [-0.2, 0) is 16.0 Å². The van der Waals surface area contributed by atoms with Crippen molar-refractivity contribution in [2.45, 2.75) is 19.4 Å². The van der Waals surface area contributed by atoms with Gasteiger partial charge >= 0.3 is 0 Å². The molecule has 2 aromatic rings. The SMILES string of the molecule is Cc1cc(N(C)C)cc(C2CN(C(=O)Cc3cccc(F)c3)CCO2)n1. The van der Waals surface area contributed by atoms with Gasteiger partial charge in [0, 0.05) is 32.0 Å². The lowest BCUT2D eigenvalue weighted by Gasteiger charge is -2.33. The molecule has 1 fully saturated rings. The van der Waals surface area contributed by atoms with Crippen molar-refractivity contribution < 1.29 is 13.9 Å². The molecule has 1 aromatic carbocycles. The fraction of sp³-hybridized carbons (Fsp3) is 0.400. The van der Waals surface area contributed by atoms with Gasteiger partial charge < -0.3 is 14.5 Å². The Balaban J connectivity index is 1.72. The number of aromatic nitrogens is 1. The molecule has 1 amide bonds. The number of amides is 1. The van der Waals surface area contributed by atoms with Crippen molar-refractivity contribution in [2.24, 2.45) is 0 Å². The Labute approximate surface area is 153 Å². The van der Waals surface area contributed by atoms with Crippen molar-refractivity contribution in [1.29, 1.82) is 0 Å². The van der Waals surface area contributed by atoms with Gasteiger partial charge in [0.25, 0.3) is 0 Å². The maximum atomic E-state index is 13.3. The normalized spacial score (nSPS) is 17.2. The third kappa shape index (κ3) is 4.38. The minimum Gasteiger partial charge on any atom is -0.378 e. The minimum atomic E-state index is -0.324. The topological polar surface area (TPSA) is 45.7 Å². The molecule has 0 aliphatic carbocycles. The van der Waals surface area contributed by atoms with Crippen LogP contribution in [0.25, 0.3) is 0 Å². The highest BCUT2D eigenvalue weighted by atomic mass is 19.1. The molecule has 1 atom stereocenters. The first-order valence-electron chi connectivity index (χ1n) is 8.72. The molecule has 2 heterocycles. The average Bonchev–Trinajstić information content (AvgIpc) is 2.61. The predicted molar refractivity (Wildman–Crippen MR) is 98.7 cm³/mol. The molecule has 0 bridgehead atoms. The van der Waals surface area contributed by atoms with E-state index in [1.165, 1.54) is 12.1 Å². The third-order valence-electron chi connectivity index (χ3n) is 4.47. The summed E-state index contributed by atoms with van der Waals surface area (Å²) < 4.78 is 19.2. The van der Waals surface area contributed by atoms with Crippen LogP contribution < -0.4 is 4.90 Å². The monoisotopic (exact) mass is 357 g/mol. The molecule has 0 spiro atoms. The van der Waals surface area contributed by atoms with Gasteiger partial charge in [-0.25, -0.2) is 4.39 Å². The Morgan fingerprint density at radius 1 is 1.35 bits per heavy atom. The first kappa shape index (κ1) is 18.3. The van der Waals surface area contributed by atoms with Crippen molar-refractivity contribution in [1.82, 2.24) is 9.88 Å². The number of morpholine rings is 1. The second kappa shape index (κ2) is 7.83. The van der Waals surface area contributed by atoms with Gasteiger partial charge in [0.2, 0.25) is 5.91 Å². The second-order valence-corrected chi connectivity index (χ2v) is 6.79. The summed E-state index contributed by atoms with van der Waals surface area (Å²) >= 11 is 0. The fourth-order valence-electron chi connectivity index (χ4n) is 3.09. The molecule has 1 saturated heterocycles. The number of carbonyl (C=O) groups excluding carboxylic acids is 1. The first-order chi connectivity index (χ1) is 12.4. The quantitative estimate of drug-likeness (QED) is 0.844. The molecule has 1 aliphatic heterocycles. The van der Waals surface area contributed by atoms with E-state index < -0.39 is 0 Å². The Kier molecular flexibility index (Phi) is 5.52. The summed E-state index contributed by atoms with van der Waals surface area (Å²) in [6, 6.07) is 10.2. The summed E-state index contributed by atoms with van der Waals surface area (Å²) in [6.45, 7) is 3.41. The van der Waals surface area contributed by atoms with Crippen LogP contribution in [0.4, 0.5) is 10.1 Å². The van der Waals surface area contributed by atoms with E-state index in [0.717, 1.165) is 17.1 Å². The van der Waals surface area contributed by atoms with Gasteiger partial charge in [-0.2, -0.15) is 0 Å². The minimum absolute atomic E-state index is 0.0237. The largest absolute Gasteiger partial charge is 0.378 e. The molecule has 1 aromatic heterocycles. The fourth-order valence-corrected chi connectivity index (χ4v) is 3.09. The zero-order valence-electron chi connectivity index (χ0n) is 15.4. The number of nitrogens with zero attached hydrogens (tertiary/aromatic N) is 3. The van der Waals surface area contributed by atoms with Gasteiger partial charge in [0.1, 0.15) is 11.9 Å². The standard InChI is InChI=1S/C20H24FN3O2/c1-14-9-17(23(2)3)12-18(22-14)19-13-24(7-8-26-19)20(25)11-15-5-4-6-16(21)10-15/h4-6,9-10,12,19H,7-8,11,13H2,1-3H3. The molecular formula is C20H24FN3O2. The lowest BCUT2D eigenvalue weighted by Crippen LogP contribution is -2.43. The number of aryl methyl sites for hydroxylation is 1. The van der Waals surface area contributed by atoms with Gasteiger partial charge in [-0.3, -0.25) is 9.78 Å². The molecule has 5 nitrogen and oxygen atoms in total. The summed E-state index contributed by atoms with van der Waals surface area (Å²) in [5, 5.41) is 0. The van der Waals surface area contributed by atoms with Gasteiger partial charge in [-0.05, 0) is 36.8 Å². The molecule has 0 radical (unpaired) electrons. The number of hydrogen-bond donors (Lipinski definition) is 0. The molecule has 6 heteroatoms. The Hall–Kier alpha value is -2.47. The third-order valence-corrected chi connectivity index (χ3v) is 4.47. The highest BCUT2D eigenvalue weighted by molar-refractivity contribution is 5.79. The number of halogens is 1. The zero-order chi connectivity index (χ0) is 18.7. The molecule has 138 valence electrons. The van der Waals surface area contributed by atoms with Gasteiger partial charge in [-0.1, -0.05) is 12.1 Å². The smallest absolute Gasteiger partial charge is 0.227 e. The number of rotatable bonds is 4. The lowest BCUT2D eigenvalue weighted by atomic mass is 10.1. The van der Waals surface area contributed by atoms with Crippen molar-refractivity contribution in [2.75, 3.05) is 38.7 Å². The number of pyridine rings is 1. The number of carbonyl (C=O) groups is 1. The van der Waals surface area contributed by atoms with E-state index in [2.05, 4.69) is 4.98 Å². The van der Waals surface area contributed by atoms with Crippen LogP contribution >= 0.6 is 0 Å². The summed E-state index contributed by atoms with van der Waals surface area (Å²) in [4.78, 5) is 21.0. The predicted octanol–water partition coefficient (Wildman–Crippen LogP) is 2.74. The number of anilines is 1. The molecule has 1 unspecified atom stereocenters. The molecule has 1 aliphatic rings. The molecular weight excluding hydrogens is 333 g/mol. The second-order valence-electron chi connectivity index (χ2n) is 6.79. The average molecular weight is 357 g/mol. The molecule has 0 saturated carbocycles. The van der Waals surface area contributed by atoms with Crippen LogP contribution in [-0.4, -0.2) is 49.6 Å². The number of ether oxygens (including phenoxy) is 1. The van der Waals surface area contributed by atoms with E-state index in [4.69, 9.17) is 4.74 Å². The molecule has 3 rings (SSSR count). The summed E-state index contributed by atoms with van der Waals surface area (Å²) in [5.74, 6) is -0.347. The van der Waals surface area contributed by atoms with Gasteiger partial charge in [0.05, 0.1) is 25.3 Å². The van der Waals surface area contributed by atoms with Crippen LogP contribution in [0.2, 0.25) is 0 Å². The van der Waals surface area contributed by atoms with Crippen molar-refractivity contribution >= 4 is 11.6 Å². The van der Waals surface area contributed by atoms with E-state index >= 15 is 0 Å². The van der Waals surface area contributed by atoms with Crippen molar-refractivity contribution in [3.05, 3.63) is 59.2 Å². The summed E-state index contributed by atoms with van der Waals surface area (Å²) in [6.07, 6.45) is -0.0619. The lowest BCUT2D eigenvalue weighted by molar-refractivity contribution is -0.138. The van der Waals surface area contributed by atoms with Gasteiger partial charge in [-0.15, -0.1) is 0 Å². The highest BCUT2D eigenvalue weighted by Crippen LogP contribution is 2.25. The first-order valence-corrected chi connectivity index (χ1v) is 8.72. The van der Waals surface area contributed by atoms with Crippen LogP contribution in [0.1, 0.15) is 23.1 Å². The molecule has 0 N–H and O–H groups in total. The highest BCUT2D eigenvalue weighted by Gasteiger charge is 2.27. The van der Waals surface area contributed by atoms with E-state index in [1.54, 1.807) is 17.0 Å². The number of hydrogen-bond acceptors (Lipinski definition) is 4. The Morgan fingerprint density at radius 2 is 2.15 bits per heavy atom. The van der Waals surface area contributed by atoms with Crippen molar-refractivity contribution in [3.63, 3.8) is 0 Å². The van der Waals surface area contributed by atoms with Crippen LogP contribution in [0.15, 0.2) is 36.4 Å². The Bertz CT molecular complexity index is 794. The maximum Gasteiger partial charge on any atom is 0.227 e. The number of benzene rings is 1. The van der Waals surface area contributed by atoms with Gasteiger partial charge in [0.15, 0.2) is 0 Å². The molecule has 26 heavy (non-hydrogen) atoms. The van der Waals surface area contributed by atoms with E-state index in [1.807, 2.05) is 38.1 Å². The van der Waals surface area contributed by atoms with E-state index in [0.29, 0.717) is 25.3 Å². The maximum absolute atomic E-state index is 13.3. The van der Waals surface area contributed by atoms with Crippen LogP contribution in [0.5, 0.6) is 0 Å².